The second kappa shape index (κ2) is 12.4. The number of carbonyl (C=O) groups is 1. The van der Waals surface area contributed by atoms with Gasteiger partial charge in [-0.3, -0.25) is 0 Å². The van der Waals surface area contributed by atoms with E-state index in [4.69, 9.17) is 14.2 Å². The van der Waals surface area contributed by atoms with Crippen LogP contribution in [0.3, 0.4) is 0 Å². The number of methoxy groups -OCH3 is 1. The number of rotatable bonds is 11. The highest BCUT2D eigenvalue weighted by Gasteiger charge is 2.42. The van der Waals surface area contributed by atoms with E-state index in [1.807, 2.05) is 42.3 Å². The first kappa shape index (κ1) is 28.8. The van der Waals surface area contributed by atoms with Gasteiger partial charge in [0.05, 0.1) is 36.3 Å². The van der Waals surface area contributed by atoms with E-state index in [-0.39, 0.29) is 29.7 Å². The molecule has 0 radical (unpaired) electrons. The van der Waals surface area contributed by atoms with Gasteiger partial charge in [0.2, 0.25) is 10.0 Å². The van der Waals surface area contributed by atoms with E-state index in [1.165, 1.54) is 23.5 Å². The molecule has 2 aromatic carbocycles. The molecule has 10 nitrogen and oxygen atoms in total. The van der Waals surface area contributed by atoms with Gasteiger partial charge in [-0.05, 0) is 62.1 Å². The number of hydrogen-bond acceptors (Lipinski definition) is 8. The van der Waals surface area contributed by atoms with Crippen molar-refractivity contribution in [1.82, 2.24) is 14.5 Å². The van der Waals surface area contributed by atoms with Gasteiger partial charge in [0.15, 0.2) is 0 Å². The standard InChI is InChI=1S/C29H39N3O7S/c1-31-17-22(18-31)32(40(35,36)25-10-8-23(37-2)9-11-25)19-27(33)26(14-20-6-4-3-5-7-20)30-29(34)39-24-15-21-12-13-38-28(21)16-24/h3-11,21-22,24,26-28,33H,12-19H2,1-2H3,(H,30,34)/t21?,24-,26+,27-,28-/m1/s1. The van der Waals surface area contributed by atoms with Crippen LogP contribution >= 0.6 is 0 Å². The summed E-state index contributed by atoms with van der Waals surface area (Å²) in [5.74, 6) is 0.970. The van der Waals surface area contributed by atoms with E-state index in [9.17, 15) is 18.3 Å². The van der Waals surface area contributed by atoms with Gasteiger partial charge in [-0.1, -0.05) is 30.3 Å². The number of likely N-dealkylation sites (tertiary alicyclic amines) is 1. The summed E-state index contributed by atoms with van der Waals surface area (Å²) >= 11 is 0. The third-order valence-electron chi connectivity index (χ3n) is 8.23. The molecule has 1 unspecified atom stereocenters. The summed E-state index contributed by atoms with van der Waals surface area (Å²) in [4.78, 5) is 15.1. The van der Waals surface area contributed by atoms with Crippen LogP contribution in [0.15, 0.2) is 59.5 Å². The van der Waals surface area contributed by atoms with Crippen LogP contribution in [0.5, 0.6) is 5.75 Å². The van der Waals surface area contributed by atoms with Crippen LogP contribution in [-0.2, 0) is 25.9 Å². The lowest BCUT2D eigenvalue weighted by atomic mass is 10.0. The van der Waals surface area contributed by atoms with Crippen molar-refractivity contribution >= 4 is 16.1 Å². The van der Waals surface area contributed by atoms with Gasteiger partial charge in [0.1, 0.15) is 11.9 Å². The normalized spacial score (nSPS) is 24.8. The lowest BCUT2D eigenvalue weighted by Gasteiger charge is -2.43. The summed E-state index contributed by atoms with van der Waals surface area (Å²) in [7, 11) is -0.493. The van der Waals surface area contributed by atoms with E-state index < -0.39 is 28.3 Å². The van der Waals surface area contributed by atoms with E-state index >= 15 is 0 Å². The molecule has 1 aliphatic carbocycles. The van der Waals surface area contributed by atoms with Gasteiger partial charge >= 0.3 is 6.09 Å². The number of carbonyl (C=O) groups excluding carboxylic acids is 1. The first-order valence-corrected chi connectivity index (χ1v) is 15.3. The Morgan fingerprint density at radius 1 is 1.15 bits per heavy atom. The summed E-state index contributed by atoms with van der Waals surface area (Å²) in [6.45, 7) is 1.68. The van der Waals surface area contributed by atoms with Crippen molar-refractivity contribution in [3.8, 4) is 5.75 Å². The molecule has 5 atom stereocenters. The van der Waals surface area contributed by atoms with Crippen molar-refractivity contribution in [1.29, 1.82) is 0 Å². The Bertz CT molecular complexity index is 1230. The van der Waals surface area contributed by atoms with Gasteiger partial charge in [-0.25, -0.2) is 13.2 Å². The number of aliphatic hydroxyl groups excluding tert-OH is 1. The Kier molecular flexibility index (Phi) is 8.96. The molecule has 218 valence electrons. The van der Waals surface area contributed by atoms with Crippen LogP contribution in [0.2, 0.25) is 0 Å². The molecule has 3 fully saturated rings. The monoisotopic (exact) mass is 573 g/mol. The summed E-state index contributed by atoms with van der Waals surface area (Å²) < 4.78 is 45.5. The van der Waals surface area contributed by atoms with Gasteiger partial charge in [-0.15, -0.1) is 0 Å². The maximum Gasteiger partial charge on any atom is 0.407 e. The molecule has 0 bridgehead atoms. The zero-order valence-corrected chi connectivity index (χ0v) is 23.8. The molecular formula is C29H39N3O7S. The second-order valence-corrected chi connectivity index (χ2v) is 13.0. The molecule has 3 aliphatic rings. The highest BCUT2D eigenvalue weighted by molar-refractivity contribution is 7.89. The molecule has 0 spiro atoms. The molecule has 1 saturated carbocycles. The number of nitrogens with zero attached hydrogens (tertiary/aromatic N) is 2. The molecule has 2 N–H and O–H groups in total. The number of likely N-dealkylation sites (N-methyl/N-ethyl adjacent to an activating group) is 1. The van der Waals surface area contributed by atoms with Crippen molar-refractivity contribution in [2.45, 2.75) is 61.0 Å². The van der Waals surface area contributed by atoms with Gasteiger partial charge in [-0.2, -0.15) is 4.31 Å². The predicted molar refractivity (Wildman–Crippen MR) is 149 cm³/mol. The fraction of sp³-hybridized carbons (Fsp3) is 0.552. The Hall–Kier alpha value is -2.70. The van der Waals surface area contributed by atoms with Crippen LogP contribution in [0.25, 0.3) is 0 Å². The van der Waals surface area contributed by atoms with Crippen LogP contribution in [0.1, 0.15) is 24.8 Å². The Balaban J connectivity index is 1.32. The SMILES string of the molecule is COc1ccc(S(=O)(=O)N(C[C@@H](O)[C@H](Cc2ccccc2)NC(=O)O[C@@H]2CC3CCO[C@@H]3C2)C2CN(C)C2)cc1. The number of nitrogens with one attached hydrogen (secondary N) is 1. The number of alkyl carbamates (subject to hydrolysis) is 1. The molecule has 2 saturated heterocycles. The minimum absolute atomic E-state index is 0.121. The largest absolute Gasteiger partial charge is 0.497 e. The van der Waals surface area contributed by atoms with E-state index in [2.05, 4.69) is 5.32 Å². The smallest absolute Gasteiger partial charge is 0.407 e. The van der Waals surface area contributed by atoms with Crippen molar-refractivity contribution < 1.29 is 32.5 Å². The number of benzene rings is 2. The number of amides is 1. The van der Waals surface area contributed by atoms with Crippen LogP contribution in [-0.4, -0.2) is 99.6 Å². The van der Waals surface area contributed by atoms with E-state index in [0.29, 0.717) is 37.6 Å². The zero-order valence-electron chi connectivity index (χ0n) is 23.0. The van der Waals surface area contributed by atoms with Crippen LogP contribution < -0.4 is 10.1 Å². The van der Waals surface area contributed by atoms with Crippen LogP contribution in [0, 0.1) is 5.92 Å². The third kappa shape index (κ3) is 6.60. The maximum atomic E-state index is 13.8. The maximum absolute atomic E-state index is 13.8. The molecule has 1 amide bonds. The molecule has 2 aromatic rings. The highest BCUT2D eigenvalue weighted by atomic mass is 32.2. The number of sulfonamides is 1. The molecule has 2 aliphatic heterocycles. The Morgan fingerprint density at radius 3 is 2.52 bits per heavy atom. The van der Waals surface area contributed by atoms with Crippen molar-refractivity contribution in [3.63, 3.8) is 0 Å². The van der Waals surface area contributed by atoms with E-state index in [0.717, 1.165) is 25.0 Å². The zero-order chi connectivity index (χ0) is 28.3. The Morgan fingerprint density at radius 2 is 1.88 bits per heavy atom. The number of aliphatic hydroxyl groups is 1. The average Bonchev–Trinajstić information content (AvgIpc) is 3.52. The van der Waals surface area contributed by atoms with Gasteiger partial charge < -0.3 is 29.5 Å². The first-order chi connectivity index (χ1) is 19.2. The van der Waals surface area contributed by atoms with Crippen molar-refractivity contribution in [3.05, 3.63) is 60.2 Å². The summed E-state index contributed by atoms with van der Waals surface area (Å²) in [6, 6.07) is 14.7. The van der Waals surface area contributed by atoms with Crippen molar-refractivity contribution in [2.75, 3.05) is 40.4 Å². The summed E-state index contributed by atoms with van der Waals surface area (Å²) in [5.41, 5.74) is 0.906. The molecular weight excluding hydrogens is 534 g/mol. The van der Waals surface area contributed by atoms with E-state index in [1.54, 1.807) is 12.1 Å². The number of ether oxygens (including phenoxy) is 3. The molecule has 5 rings (SSSR count). The lowest BCUT2D eigenvalue weighted by molar-refractivity contribution is 0.0424. The third-order valence-corrected chi connectivity index (χ3v) is 10.2. The molecule has 11 heteroatoms. The fourth-order valence-corrected chi connectivity index (χ4v) is 7.61. The minimum Gasteiger partial charge on any atom is -0.497 e. The number of hydrogen-bond donors (Lipinski definition) is 2. The Labute approximate surface area is 236 Å². The molecule has 40 heavy (non-hydrogen) atoms. The summed E-state index contributed by atoms with van der Waals surface area (Å²) in [6.07, 6.45) is 0.854. The predicted octanol–water partition coefficient (Wildman–Crippen LogP) is 2.27. The first-order valence-electron chi connectivity index (χ1n) is 13.9. The highest BCUT2D eigenvalue weighted by Crippen LogP contribution is 2.37. The summed E-state index contributed by atoms with van der Waals surface area (Å²) in [5, 5.41) is 14.3. The number of fused-ring (bicyclic) bond motifs is 1. The molecule has 2 heterocycles. The average molecular weight is 574 g/mol. The van der Waals surface area contributed by atoms with Crippen molar-refractivity contribution in [2.24, 2.45) is 5.92 Å². The second-order valence-electron chi connectivity index (χ2n) is 11.1. The minimum atomic E-state index is -3.93. The van der Waals surface area contributed by atoms with Crippen LogP contribution in [0.4, 0.5) is 4.79 Å². The molecule has 0 aromatic heterocycles. The quantitative estimate of drug-likeness (QED) is 0.421. The fourth-order valence-electron chi connectivity index (χ4n) is 5.99. The lowest BCUT2D eigenvalue weighted by Crippen LogP contribution is -2.62. The van der Waals surface area contributed by atoms with Gasteiger partial charge in [0, 0.05) is 32.7 Å². The van der Waals surface area contributed by atoms with Gasteiger partial charge in [0.25, 0.3) is 0 Å². The topological polar surface area (TPSA) is 118 Å².